The number of nitrogens with one attached hydrogen (secondary N) is 1. The number of rotatable bonds is 3. The molecule has 2 nitrogen and oxygen atoms in total. The van der Waals surface area contributed by atoms with Crippen molar-refractivity contribution in [3.05, 3.63) is 29.3 Å². The number of anilines is 1. The first kappa shape index (κ1) is 14.9. The number of hydrogen-bond acceptors (Lipinski definition) is 2. The minimum atomic E-state index is 0.299. The largest absolute Gasteiger partial charge is 0.369 e. The lowest BCUT2D eigenvalue weighted by Crippen LogP contribution is -2.50. The van der Waals surface area contributed by atoms with Gasteiger partial charge in [-0.25, -0.2) is 0 Å². The lowest BCUT2D eigenvalue weighted by atomic mass is 9.88. The molecule has 1 saturated heterocycles. The number of aryl methyl sites for hydroxylation is 1. The molecule has 0 bridgehead atoms. The molecule has 1 aromatic carbocycles. The van der Waals surface area contributed by atoms with Gasteiger partial charge in [0, 0.05) is 24.3 Å². The van der Waals surface area contributed by atoms with Crippen LogP contribution in [0.25, 0.3) is 0 Å². The van der Waals surface area contributed by atoms with Crippen molar-refractivity contribution in [1.29, 1.82) is 0 Å². The summed E-state index contributed by atoms with van der Waals surface area (Å²) in [4.78, 5) is 2.68. The molecule has 2 heteroatoms. The van der Waals surface area contributed by atoms with Crippen molar-refractivity contribution in [1.82, 2.24) is 5.32 Å². The number of hydrogen-bond donors (Lipinski definition) is 1. The molecule has 0 amide bonds. The Labute approximate surface area is 129 Å². The lowest BCUT2D eigenvalue weighted by Gasteiger charge is -2.37. The van der Waals surface area contributed by atoms with Crippen LogP contribution in [-0.2, 0) is 12.8 Å². The first-order valence-corrected chi connectivity index (χ1v) is 8.89. The van der Waals surface area contributed by atoms with Crippen LogP contribution < -0.4 is 10.2 Å². The van der Waals surface area contributed by atoms with Gasteiger partial charge in [-0.1, -0.05) is 26.0 Å². The van der Waals surface area contributed by atoms with Gasteiger partial charge in [-0.3, -0.25) is 0 Å². The van der Waals surface area contributed by atoms with Crippen molar-refractivity contribution in [2.75, 3.05) is 24.5 Å². The van der Waals surface area contributed by atoms with Gasteiger partial charge in [-0.15, -0.1) is 0 Å². The summed E-state index contributed by atoms with van der Waals surface area (Å²) in [6.07, 6.45) is 8.98. The molecule has 2 aliphatic rings. The fraction of sp³-hybridized carbons (Fsp3) is 0.684. The van der Waals surface area contributed by atoms with E-state index in [1.165, 1.54) is 57.2 Å². The van der Waals surface area contributed by atoms with E-state index in [1.54, 1.807) is 11.1 Å². The molecule has 1 N–H and O–H groups in total. The highest BCUT2D eigenvalue weighted by Gasteiger charge is 2.31. The smallest absolute Gasteiger partial charge is 0.0402 e. The van der Waals surface area contributed by atoms with E-state index in [0.717, 1.165) is 13.1 Å². The Kier molecular flexibility index (Phi) is 4.54. The maximum Gasteiger partial charge on any atom is 0.0402 e. The van der Waals surface area contributed by atoms with Gasteiger partial charge < -0.3 is 10.2 Å². The van der Waals surface area contributed by atoms with Gasteiger partial charge in [0.25, 0.3) is 0 Å². The van der Waals surface area contributed by atoms with Gasteiger partial charge in [0.05, 0.1) is 0 Å². The molecule has 0 atom stereocenters. The molecule has 0 spiro atoms. The SMILES string of the molecule is CCC1(CC)CN(c2cccc3c2CCCC3)CCCN1. The van der Waals surface area contributed by atoms with Crippen molar-refractivity contribution in [3.8, 4) is 0 Å². The van der Waals surface area contributed by atoms with E-state index in [1.807, 2.05) is 0 Å². The Morgan fingerprint density at radius 3 is 2.71 bits per heavy atom. The van der Waals surface area contributed by atoms with E-state index in [2.05, 4.69) is 42.3 Å². The summed E-state index contributed by atoms with van der Waals surface area (Å²) >= 11 is 0. The fourth-order valence-corrected chi connectivity index (χ4v) is 4.11. The predicted molar refractivity (Wildman–Crippen MR) is 91.2 cm³/mol. The first-order valence-electron chi connectivity index (χ1n) is 8.89. The second-order valence-electron chi connectivity index (χ2n) is 6.81. The number of fused-ring (bicyclic) bond motifs is 1. The zero-order chi connectivity index (χ0) is 14.7. The highest BCUT2D eigenvalue weighted by molar-refractivity contribution is 5.58. The van der Waals surface area contributed by atoms with Crippen molar-refractivity contribution >= 4 is 5.69 Å². The van der Waals surface area contributed by atoms with Gasteiger partial charge in [-0.2, -0.15) is 0 Å². The van der Waals surface area contributed by atoms with Gasteiger partial charge >= 0.3 is 0 Å². The molecule has 0 aromatic heterocycles. The number of benzene rings is 1. The summed E-state index contributed by atoms with van der Waals surface area (Å²) in [6.45, 7) is 8.19. The van der Waals surface area contributed by atoms with Crippen LogP contribution in [0.15, 0.2) is 18.2 Å². The third-order valence-corrected chi connectivity index (χ3v) is 5.66. The second kappa shape index (κ2) is 6.39. The monoisotopic (exact) mass is 286 g/mol. The molecule has 1 aliphatic carbocycles. The van der Waals surface area contributed by atoms with E-state index in [-0.39, 0.29) is 0 Å². The molecular weight excluding hydrogens is 256 g/mol. The van der Waals surface area contributed by atoms with E-state index in [0.29, 0.717) is 5.54 Å². The topological polar surface area (TPSA) is 15.3 Å². The van der Waals surface area contributed by atoms with E-state index >= 15 is 0 Å². The third-order valence-electron chi connectivity index (χ3n) is 5.66. The normalized spacial score (nSPS) is 21.7. The van der Waals surface area contributed by atoms with Gasteiger partial charge in [-0.05, 0) is 68.7 Å². The Hall–Kier alpha value is -1.02. The molecule has 1 fully saturated rings. The summed E-state index contributed by atoms with van der Waals surface area (Å²) in [5.74, 6) is 0. The van der Waals surface area contributed by atoms with Crippen LogP contribution in [0.1, 0.15) is 57.1 Å². The summed E-state index contributed by atoms with van der Waals surface area (Å²) < 4.78 is 0. The molecule has 3 rings (SSSR count). The summed E-state index contributed by atoms with van der Waals surface area (Å²) in [7, 11) is 0. The molecule has 0 unspecified atom stereocenters. The van der Waals surface area contributed by atoms with Crippen molar-refractivity contribution < 1.29 is 0 Å². The standard InChI is InChI=1S/C19H30N2/c1-3-19(4-2)15-21(14-8-13-20-19)18-12-7-10-16-9-5-6-11-17(16)18/h7,10,12,20H,3-6,8-9,11,13-15H2,1-2H3. The zero-order valence-corrected chi connectivity index (χ0v) is 13.8. The van der Waals surface area contributed by atoms with E-state index in [9.17, 15) is 0 Å². The lowest BCUT2D eigenvalue weighted by molar-refractivity contribution is 0.321. The van der Waals surface area contributed by atoms with Crippen LogP contribution in [0.3, 0.4) is 0 Å². The Morgan fingerprint density at radius 1 is 1.10 bits per heavy atom. The van der Waals surface area contributed by atoms with Gasteiger partial charge in [0.15, 0.2) is 0 Å². The Bertz CT molecular complexity index is 476. The van der Waals surface area contributed by atoms with Crippen molar-refractivity contribution in [2.24, 2.45) is 0 Å². The van der Waals surface area contributed by atoms with Crippen LogP contribution in [0.4, 0.5) is 5.69 Å². The molecule has 116 valence electrons. The van der Waals surface area contributed by atoms with Gasteiger partial charge in [0.1, 0.15) is 0 Å². The van der Waals surface area contributed by atoms with Crippen LogP contribution in [0, 0.1) is 0 Å². The Morgan fingerprint density at radius 2 is 1.90 bits per heavy atom. The molecular formula is C19H30N2. The first-order chi connectivity index (χ1) is 10.3. The van der Waals surface area contributed by atoms with E-state index < -0.39 is 0 Å². The maximum absolute atomic E-state index is 3.83. The molecule has 21 heavy (non-hydrogen) atoms. The zero-order valence-electron chi connectivity index (χ0n) is 13.8. The van der Waals surface area contributed by atoms with Crippen LogP contribution in [-0.4, -0.2) is 25.2 Å². The predicted octanol–water partition coefficient (Wildman–Crippen LogP) is 3.92. The van der Waals surface area contributed by atoms with Crippen LogP contribution in [0.2, 0.25) is 0 Å². The average molecular weight is 286 g/mol. The highest BCUT2D eigenvalue weighted by atomic mass is 15.2. The molecule has 1 heterocycles. The number of nitrogens with zero attached hydrogens (tertiary/aromatic N) is 1. The van der Waals surface area contributed by atoms with Crippen molar-refractivity contribution in [3.63, 3.8) is 0 Å². The maximum atomic E-state index is 3.83. The molecule has 0 saturated carbocycles. The summed E-state index contributed by atoms with van der Waals surface area (Å²) in [5, 5.41) is 3.83. The summed E-state index contributed by atoms with van der Waals surface area (Å²) in [5.41, 5.74) is 5.08. The van der Waals surface area contributed by atoms with Crippen molar-refractivity contribution in [2.45, 2.75) is 64.3 Å². The quantitative estimate of drug-likeness (QED) is 0.906. The van der Waals surface area contributed by atoms with Crippen LogP contribution in [0.5, 0.6) is 0 Å². The van der Waals surface area contributed by atoms with Crippen LogP contribution >= 0.6 is 0 Å². The van der Waals surface area contributed by atoms with E-state index in [4.69, 9.17) is 0 Å². The fourth-order valence-electron chi connectivity index (χ4n) is 4.11. The molecule has 1 aromatic rings. The average Bonchev–Trinajstić information content (AvgIpc) is 2.77. The third kappa shape index (κ3) is 2.96. The minimum absolute atomic E-state index is 0.299. The second-order valence-corrected chi connectivity index (χ2v) is 6.81. The minimum Gasteiger partial charge on any atom is -0.369 e. The summed E-state index contributed by atoms with van der Waals surface area (Å²) in [6, 6.07) is 6.99. The highest BCUT2D eigenvalue weighted by Crippen LogP contribution is 2.32. The molecule has 1 aliphatic heterocycles. The van der Waals surface area contributed by atoms with Gasteiger partial charge in [0.2, 0.25) is 0 Å². The Balaban J connectivity index is 1.91. The molecule has 0 radical (unpaired) electrons.